The Morgan fingerprint density at radius 2 is 1.96 bits per heavy atom. The number of imide groups is 1. The van der Waals surface area contributed by atoms with E-state index in [0.717, 1.165) is 17.0 Å². The molecule has 0 aliphatic carbocycles. The maximum Gasteiger partial charge on any atom is 0.329 e. The molecule has 2 heterocycles. The summed E-state index contributed by atoms with van der Waals surface area (Å²) in [4.78, 5) is 36.5. The number of imidazole rings is 1. The van der Waals surface area contributed by atoms with Crippen LogP contribution < -0.4 is 11.0 Å². The van der Waals surface area contributed by atoms with Crippen LogP contribution in [-0.2, 0) is 16.6 Å². The molecule has 2 amide bonds. The molecule has 6 heteroatoms. The molecule has 1 aliphatic rings. The summed E-state index contributed by atoms with van der Waals surface area (Å²) in [7, 11) is 1.71. The van der Waals surface area contributed by atoms with Crippen LogP contribution in [0.2, 0.25) is 0 Å². The Bertz CT molecular complexity index is 778. The maximum absolute atomic E-state index is 12.8. The van der Waals surface area contributed by atoms with Crippen LogP contribution in [-0.4, -0.2) is 20.9 Å². The fourth-order valence-electron chi connectivity index (χ4n) is 2.86. The zero-order valence-electron chi connectivity index (χ0n) is 14.9. The van der Waals surface area contributed by atoms with Crippen LogP contribution in [0.1, 0.15) is 58.0 Å². The van der Waals surface area contributed by atoms with E-state index in [1.165, 1.54) is 4.57 Å². The standard InChI is InChI=1S/C18H25N3O3/c1-6-12(4)16-13(8-7-11(2)3)20(5)18(24)21(16)14-9-10-15(22)19-17(14)23/h6-8,11,14H,9-10H2,1-5H3,(H,19,22,23)/b8-7+,12-6+. The third kappa shape index (κ3) is 3.27. The molecule has 1 fully saturated rings. The summed E-state index contributed by atoms with van der Waals surface area (Å²) in [5.41, 5.74) is 2.18. The smallest absolute Gasteiger partial charge is 0.295 e. The number of amides is 2. The summed E-state index contributed by atoms with van der Waals surface area (Å²) in [6, 6.07) is -0.660. The number of hydrogen-bond acceptors (Lipinski definition) is 3. The van der Waals surface area contributed by atoms with Crippen LogP contribution in [0.25, 0.3) is 11.6 Å². The van der Waals surface area contributed by atoms with Crippen molar-refractivity contribution in [2.75, 3.05) is 0 Å². The Balaban J connectivity index is 2.67. The maximum atomic E-state index is 12.8. The van der Waals surface area contributed by atoms with E-state index in [1.54, 1.807) is 11.6 Å². The average molecular weight is 331 g/mol. The molecule has 1 aromatic heterocycles. The number of allylic oxidation sites excluding steroid dienone is 3. The lowest BCUT2D eigenvalue weighted by Gasteiger charge is -2.23. The molecule has 0 bridgehead atoms. The molecule has 0 saturated carbocycles. The first kappa shape index (κ1) is 18.0. The molecule has 0 aromatic carbocycles. The van der Waals surface area contributed by atoms with Gasteiger partial charge in [0, 0.05) is 13.5 Å². The van der Waals surface area contributed by atoms with Crippen molar-refractivity contribution in [2.45, 2.75) is 46.6 Å². The zero-order valence-corrected chi connectivity index (χ0v) is 14.9. The van der Waals surface area contributed by atoms with Crippen LogP contribution in [0.3, 0.4) is 0 Å². The highest BCUT2D eigenvalue weighted by Crippen LogP contribution is 2.26. The summed E-state index contributed by atoms with van der Waals surface area (Å²) in [5.74, 6) is -0.356. The third-order valence-corrected chi connectivity index (χ3v) is 4.31. The van der Waals surface area contributed by atoms with Gasteiger partial charge in [-0.05, 0) is 37.8 Å². The molecule has 2 rings (SSSR count). The van der Waals surface area contributed by atoms with Crippen LogP contribution in [0.15, 0.2) is 16.9 Å². The topological polar surface area (TPSA) is 73.1 Å². The molecule has 0 spiro atoms. The van der Waals surface area contributed by atoms with E-state index in [2.05, 4.69) is 19.2 Å². The van der Waals surface area contributed by atoms with Crippen molar-refractivity contribution < 1.29 is 9.59 Å². The molecule has 1 N–H and O–H groups in total. The predicted octanol–water partition coefficient (Wildman–Crippen LogP) is 2.26. The van der Waals surface area contributed by atoms with Crippen molar-refractivity contribution in [1.82, 2.24) is 14.5 Å². The van der Waals surface area contributed by atoms with E-state index >= 15 is 0 Å². The quantitative estimate of drug-likeness (QED) is 0.860. The summed E-state index contributed by atoms with van der Waals surface area (Å²) < 4.78 is 3.09. The van der Waals surface area contributed by atoms with Crippen molar-refractivity contribution in [1.29, 1.82) is 0 Å². The Morgan fingerprint density at radius 1 is 1.29 bits per heavy atom. The number of aromatic nitrogens is 2. The molecule has 1 atom stereocenters. The summed E-state index contributed by atoms with van der Waals surface area (Å²) >= 11 is 0. The lowest BCUT2D eigenvalue weighted by Crippen LogP contribution is -2.44. The van der Waals surface area contributed by atoms with Gasteiger partial charge in [0.2, 0.25) is 11.8 Å². The van der Waals surface area contributed by atoms with Gasteiger partial charge in [0.05, 0.1) is 11.4 Å². The summed E-state index contributed by atoms with van der Waals surface area (Å²) in [6.45, 7) is 7.95. The fraction of sp³-hybridized carbons (Fsp3) is 0.500. The highest BCUT2D eigenvalue weighted by molar-refractivity contribution is 5.99. The van der Waals surface area contributed by atoms with E-state index in [4.69, 9.17) is 0 Å². The van der Waals surface area contributed by atoms with Crippen LogP contribution in [0, 0.1) is 5.92 Å². The lowest BCUT2D eigenvalue weighted by molar-refractivity contribution is -0.135. The Labute approximate surface area is 141 Å². The summed E-state index contributed by atoms with van der Waals surface area (Å²) in [5, 5.41) is 2.33. The van der Waals surface area contributed by atoms with Crippen molar-refractivity contribution in [3.63, 3.8) is 0 Å². The minimum absolute atomic E-state index is 0.239. The van der Waals surface area contributed by atoms with E-state index in [1.807, 2.05) is 32.1 Å². The first-order valence-corrected chi connectivity index (χ1v) is 8.24. The zero-order chi connectivity index (χ0) is 18.0. The van der Waals surface area contributed by atoms with Gasteiger partial charge in [-0.1, -0.05) is 26.0 Å². The number of hydrogen-bond donors (Lipinski definition) is 1. The fourth-order valence-corrected chi connectivity index (χ4v) is 2.86. The largest absolute Gasteiger partial charge is 0.329 e. The second kappa shape index (κ2) is 7.03. The van der Waals surface area contributed by atoms with Crippen LogP contribution in [0.4, 0.5) is 0 Å². The van der Waals surface area contributed by atoms with Crippen molar-refractivity contribution in [2.24, 2.45) is 13.0 Å². The Hall–Kier alpha value is -2.37. The molecule has 1 aromatic rings. The Morgan fingerprint density at radius 3 is 2.50 bits per heavy atom. The van der Waals surface area contributed by atoms with Crippen LogP contribution in [0.5, 0.6) is 0 Å². The second-order valence-corrected chi connectivity index (χ2v) is 6.49. The van der Waals surface area contributed by atoms with Gasteiger partial charge >= 0.3 is 5.69 Å². The highest BCUT2D eigenvalue weighted by atomic mass is 16.2. The van der Waals surface area contributed by atoms with Gasteiger partial charge in [-0.3, -0.25) is 24.0 Å². The normalized spacial score (nSPS) is 19.4. The van der Waals surface area contributed by atoms with Gasteiger partial charge in [0.1, 0.15) is 6.04 Å². The molecule has 1 unspecified atom stereocenters. The number of carbonyl (C=O) groups excluding carboxylic acids is 2. The van der Waals surface area contributed by atoms with Gasteiger partial charge < -0.3 is 0 Å². The second-order valence-electron chi connectivity index (χ2n) is 6.49. The molecule has 130 valence electrons. The highest BCUT2D eigenvalue weighted by Gasteiger charge is 2.32. The molecule has 24 heavy (non-hydrogen) atoms. The number of piperidine rings is 1. The minimum atomic E-state index is -0.660. The van der Waals surface area contributed by atoms with Crippen molar-refractivity contribution in [3.8, 4) is 0 Å². The molecule has 0 radical (unpaired) electrons. The average Bonchev–Trinajstić information content (AvgIpc) is 2.76. The van der Waals surface area contributed by atoms with E-state index in [-0.39, 0.29) is 18.0 Å². The lowest BCUT2D eigenvalue weighted by atomic mass is 10.0. The molecule has 1 saturated heterocycles. The van der Waals surface area contributed by atoms with Gasteiger partial charge in [0.15, 0.2) is 0 Å². The van der Waals surface area contributed by atoms with Gasteiger partial charge in [-0.15, -0.1) is 0 Å². The van der Waals surface area contributed by atoms with Crippen molar-refractivity contribution >= 4 is 23.5 Å². The van der Waals surface area contributed by atoms with E-state index in [9.17, 15) is 14.4 Å². The van der Waals surface area contributed by atoms with E-state index in [0.29, 0.717) is 12.3 Å². The van der Waals surface area contributed by atoms with Crippen molar-refractivity contribution in [3.05, 3.63) is 34.0 Å². The first-order valence-electron chi connectivity index (χ1n) is 8.24. The summed E-state index contributed by atoms with van der Waals surface area (Å²) in [6.07, 6.45) is 6.45. The van der Waals surface area contributed by atoms with Gasteiger partial charge in [-0.25, -0.2) is 4.79 Å². The monoisotopic (exact) mass is 331 g/mol. The number of nitrogens with zero attached hydrogens (tertiary/aromatic N) is 2. The molecule has 1 aliphatic heterocycles. The third-order valence-electron chi connectivity index (χ3n) is 4.31. The number of carbonyl (C=O) groups is 2. The van der Waals surface area contributed by atoms with E-state index < -0.39 is 11.9 Å². The number of rotatable bonds is 4. The molecule has 6 nitrogen and oxygen atoms in total. The first-order chi connectivity index (χ1) is 11.3. The SMILES string of the molecule is C/C=C(\C)c1c(/C=C/C(C)C)n(C)c(=O)n1C1CCC(=O)NC1=O. The Kier molecular flexibility index (Phi) is 5.26. The molecular weight excluding hydrogens is 306 g/mol. The van der Waals surface area contributed by atoms with Gasteiger partial charge in [0.25, 0.3) is 0 Å². The van der Waals surface area contributed by atoms with Crippen LogP contribution >= 0.6 is 0 Å². The minimum Gasteiger partial charge on any atom is -0.295 e. The number of nitrogens with one attached hydrogen (secondary N) is 1. The molecular formula is C18H25N3O3. The van der Waals surface area contributed by atoms with Gasteiger partial charge in [-0.2, -0.15) is 0 Å². The predicted molar refractivity (Wildman–Crippen MR) is 94.3 cm³/mol.